The largest absolute Gasteiger partial charge is 0.465 e. The molecule has 5 amide bonds. The van der Waals surface area contributed by atoms with E-state index in [4.69, 9.17) is 4.98 Å². The van der Waals surface area contributed by atoms with E-state index in [0.717, 1.165) is 76.2 Å². The number of benzene rings is 2. The molecule has 0 bridgehead atoms. The van der Waals surface area contributed by atoms with Gasteiger partial charge in [-0.05, 0) is 67.2 Å². The summed E-state index contributed by atoms with van der Waals surface area (Å²) in [5, 5.41) is 19.3. The first-order valence-electron chi connectivity index (χ1n) is 16.8. The lowest BCUT2D eigenvalue weighted by molar-refractivity contribution is -0.136. The predicted molar refractivity (Wildman–Crippen MR) is 183 cm³/mol. The number of nitrogens with one attached hydrogen (secondary N) is 2. The number of carbonyl (C=O) groups excluding carboxylic acids is 4. The highest BCUT2D eigenvalue weighted by molar-refractivity contribution is 6.23. The molecule has 0 spiro atoms. The van der Waals surface area contributed by atoms with Gasteiger partial charge < -0.3 is 15.3 Å². The third-order valence-electron chi connectivity index (χ3n) is 9.40. The number of hydrogen-bond donors (Lipinski definition) is 3. The Hall–Kier alpha value is -5.92. The van der Waals surface area contributed by atoms with Crippen LogP contribution in [0.2, 0.25) is 0 Å². The summed E-state index contributed by atoms with van der Waals surface area (Å²) in [6, 6.07) is 10.0. The van der Waals surface area contributed by atoms with E-state index in [9.17, 15) is 29.1 Å². The normalized spacial score (nSPS) is 17.6. The molecule has 1 atom stereocenters. The average molecular weight is 677 g/mol. The van der Waals surface area contributed by atoms with Crippen molar-refractivity contribution >= 4 is 52.0 Å². The van der Waals surface area contributed by atoms with E-state index in [-0.39, 0.29) is 24.0 Å². The number of amides is 5. The number of hydrogen-bond acceptors (Lipinski definition) is 9. The molecule has 7 rings (SSSR count). The van der Waals surface area contributed by atoms with Crippen molar-refractivity contribution in [2.75, 3.05) is 25.0 Å². The van der Waals surface area contributed by atoms with Gasteiger partial charge in [-0.15, -0.1) is 0 Å². The molecule has 0 aliphatic carbocycles. The number of fused-ring (bicyclic) bond motifs is 2. The SMILES string of the molecule is O=C1CCC(N2C(=O)c3ccc(NCCCCCCn4cc(-c5cnc6ccc(C7=CCN(C(=O)O)CC7)cc6n5)cn4)cc3C2=O)C(=O)N1. The smallest absolute Gasteiger partial charge is 0.407 e. The maximum Gasteiger partial charge on any atom is 0.407 e. The fraction of sp³-hybridized carbons (Fsp3) is 0.333. The molecule has 5 heterocycles. The minimum absolute atomic E-state index is 0.0841. The van der Waals surface area contributed by atoms with Crippen molar-refractivity contribution in [2.24, 2.45) is 0 Å². The van der Waals surface area contributed by atoms with Gasteiger partial charge in [-0.2, -0.15) is 5.10 Å². The van der Waals surface area contributed by atoms with E-state index >= 15 is 0 Å². The quantitative estimate of drug-likeness (QED) is 0.153. The second-order valence-electron chi connectivity index (χ2n) is 12.7. The van der Waals surface area contributed by atoms with Crippen molar-refractivity contribution in [1.29, 1.82) is 0 Å². The molecule has 2 aromatic heterocycles. The van der Waals surface area contributed by atoms with Crippen LogP contribution in [0.5, 0.6) is 0 Å². The summed E-state index contributed by atoms with van der Waals surface area (Å²) in [6.07, 6.45) is 11.3. The monoisotopic (exact) mass is 676 g/mol. The Bertz CT molecular complexity index is 2050. The highest BCUT2D eigenvalue weighted by Gasteiger charge is 2.44. The number of piperidine rings is 1. The molecule has 50 heavy (non-hydrogen) atoms. The van der Waals surface area contributed by atoms with E-state index in [1.807, 2.05) is 35.2 Å². The third kappa shape index (κ3) is 6.68. The summed E-state index contributed by atoms with van der Waals surface area (Å²) in [5.41, 5.74) is 6.58. The van der Waals surface area contributed by atoms with Crippen LogP contribution in [0.4, 0.5) is 10.5 Å². The Morgan fingerprint density at radius 2 is 1.76 bits per heavy atom. The number of carbonyl (C=O) groups is 5. The van der Waals surface area contributed by atoms with Crippen LogP contribution in [-0.4, -0.2) is 90.1 Å². The highest BCUT2D eigenvalue weighted by Crippen LogP contribution is 2.30. The number of imide groups is 2. The number of unbranched alkanes of at least 4 members (excludes halogenated alkanes) is 3. The van der Waals surface area contributed by atoms with Crippen LogP contribution in [0, 0.1) is 0 Å². The Kier molecular flexibility index (Phi) is 9.07. The highest BCUT2D eigenvalue weighted by atomic mass is 16.4. The maximum absolute atomic E-state index is 13.1. The van der Waals surface area contributed by atoms with E-state index < -0.39 is 35.8 Å². The molecule has 3 aliphatic rings. The van der Waals surface area contributed by atoms with Crippen LogP contribution in [0.1, 0.15) is 71.2 Å². The lowest BCUT2D eigenvalue weighted by atomic mass is 9.99. The summed E-state index contributed by atoms with van der Waals surface area (Å²) in [4.78, 5) is 72.8. The minimum Gasteiger partial charge on any atom is -0.465 e. The molecule has 256 valence electrons. The molecule has 1 saturated heterocycles. The van der Waals surface area contributed by atoms with Gasteiger partial charge in [0.1, 0.15) is 6.04 Å². The van der Waals surface area contributed by atoms with E-state index in [1.54, 1.807) is 30.6 Å². The number of anilines is 1. The zero-order valence-corrected chi connectivity index (χ0v) is 27.3. The van der Waals surface area contributed by atoms with Crippen LogP contribution < -0.4 is 10.6 Å². The van der Waals surface area contributed by atoms with Crippen LogP contribution in [-0.2, 0) is 16.1 Å². The lowest BCUT2D eigenvalue weighted by Crippen LogP contribution is -2.54. The van der Waals surface area contributed by atoms with Gasteiger partial charge in [-0.25, -0.2) is 9.78 Å². The second-order valence-corrected chi connectivity index (χ2v) is 12.7. The van der Waals surface area contributed by atoms with Gasteiger partial charge in [-0.1, -0.05) is 25.0 Å². The van der Waals surface area contributed by atoms with E-state index in [0.29, 0.717) is 26.1 Å². The predicted octanol–water partition coefficient (Wildman–Crippen LogP) is 4.33. The summed E-state index contributed by atoms with van der Waals surface area (Å²) in [6.45, 7) is 2.32. The summed E-state index contributed by atoms with van der Waals surface area (Å²) < 4.78 is 1.91. The molecule has 1 unspecified atom stereocenters. The van der Waals surface area contributed by atoms with E-state index in [2.05, 4.69) is 20.7 Å². The van der Waals surface area contributed by atoms with E-state index in [1.165, 1.54) is 4.90 Å². The molecule has 4 aromatic rings. The zero-order chi connectivity index (χ0) is 34.8. The first-order chi connectivity index (χ1) is 24.2. The standard InChI is InChI=1S/C36H36N8O6/c45-32-10-9-31(33(46)41-32)44-34(47)26-7-6-25(18-27(26)35(44)48)37-13-3-1-2-4-14-43-21-24(19-39-43)30-20-38-28-8-5-23(17-29(28)40-30)22-11-15-42(16-12-22)36(49)50/h5-8,11,17-21,31,37H,1-4,9-10,12-16H2,(H,49,50)(H,41,45,46). The molecule has 2 aromatic carbocycles. The van der Waals surface area contributed by atoms with Gasteiger partial charge >= 0.3 is 6.09 Å². The number of nitrogens with zero attached hydrogens (tertiary/aromatic N) is 6. The van der Waals surface area contributed by atoms with Crippen molar-refractivity contribution in [3.05, 3.63) is 77.8 Å². The molecule has 3 aliphatic heterocycles. The second kappa shape index (κ2) is 13.9. The molecule has 0 saturated carbocycles. The van der Waals surface area contributed by atoms with Gasteiger partial charge in [0.2, 0.25) is 11.8 Å². The molecular weight excluding hydrogens is 640 g/mol. The van der Waals surface area contributed by atoms with Gasteiger partial charge in [0.15, 0.2) is 0 Å². The molecule has 0 radical (unpaired) electrons. The Labute approximate surface area is 287 Å². The van der Waals surface area contributed by atoms with Crippen molar-refractivity contribution in [2.45, 2.75) is 57.5 Å². The Morgan fingerprint density at radius 3 is 2.56 bits per heavy atom. The average Bonchev–Trinajstić information content (AvgIpc) is 3.69. The maximum atomic E-state index is 13.1. The van der Waals surface area contributed by atoms with Crippen molar-refractivity contribution in [3.8, 4) is 11.3 Å². The number of carboxylic acid groups (broad SMARTS) is 1. The molecule has 14 heteroatoms. The van der Waals surface area contributed by atoms with Crippen LogP contribution in [0.3, 0.4) is 0 Å². The number of aromatic nitrogens is 4. The molecule has 14 nitrogen and oxygen atoms in total. The fourth-order valence-electron chi connectivity index (χ4n) is 6.64. The zero-order valence-electron chi connectivity index (χ0n) is 27.3. The Morgan fingerprint density at radius 1 is 0.920 bits per heavy atom. The summed E-state index contributed by atoms with van der Waals surface area (Å²) in [7, 11) is 0. The van der Waals surface area contributed by atoms with Crippen LogP contribution in [0.15, 0.2) is 61.1 Å². The topological polar surface area (TPSA) is 180 Å². The number of aryl methyl sites for hydroxylation is 1. The number of rotatable bonds is 11. The first-order valence-corrected chi connectivity index (χ1v) is 16.8. The van der Waals surface area contributed by atoms with Crippen molar-refractivity contribution < 1.29 is 29.1 Å². The van der Waals surface area contributed by atoms with Gasteiger partial charge in [-0.3, -0.25) is 39.1 Å². The van der Waals surface area contributed by atoms with Crippen LogP contribution >= 0.6 is 0 Å². The summed E-state index contributed by atoms with van der Waals surface area (Å²) in [5.74, 6) is -2.05. The summed E-state index contributed by atoms with van der Waals surface area (Å²) >= 11 is 0. The molecular formula is C36H36N8O6. The molecule has 1 fully saturated rings. The van der Waals surface area contributed by atoms with Crippen LogP contribution in [0.25, 0.3) is 27.9 Å². The third-order valence-corrected chi connectivity index (χ3v) is 9.40. The Balaban J connectivity index is 0.866. The minimum atomic E-state index is -0.979. The first kappa shape index (κ1) is 32.6. The van der Waals surface area contributed by atoms with Gasteiger partial charge in [0.25, 0.3) is 11.8 Å². The lowest BCUT2D eigenvalue weighted by Gasteiger charge is -2.27. The van der Waals surface area contributed by atoms with Crippen molar-refractivity contribution in [1.82, 2.24) is 34.9 Å². The van der Waals surface area contributed by atoms with Gasteiger partial charge in [0.05, 0.1) is 40.2 Å². The van der Waals surface area contributed by atoms with Crippen molar-refractivity contribution in [3.63, 3.8) is 0 Å². The molecule has 3 N–H and O–H groups in total. The van der Waals surface area contributed by atoms with Gasteiger partial charge in [0, 0.05) is 50.0 Å². The fourth-order valence-corrected chi connectivity index (χ4v) is 6.64.